The summed E-state index contributed by atoms with van der Waals surface area (Å²) in [5, 5.41) is 2.85. The molecule has 2 rings (SSSR count). The Hall–Kier alpha value is -3.09. The molecule has 152 valence electrons. The number of ether oxygens (including phenoxy) is 5. The average Bonchev–Trinajstić information content (AvgIpc) is 2.74. The number of aryl methyl sites for hydroxylation is 1. The maximum absolute atomic E-state index is 12.1. The third kappa shape index (κ3) is 5.70. The number of benzene rings is 2. The predicted molar refractivity (Wildman–Crippen MR) is 106 cm³/mol. The molecule has 1 amide bonds. The summed E-state index contributed by atoms with van der Waals surface area (Å²) in [6.07, 6.45) is 0.892. The minimum Gasteiger partial charge on any atom is -0.493 e. The number of carbonyl (C=O) groups excluding carboxylic acids is 1. The van der Waals surface area contributed by atoms with Gasteiger partial charge in [0.05, 0.1) is 35.0 Å². The van der Waals surface area contributed by atoms with Crippen molar-refractivity contribution in [3.8, 4) is 28.7 Å². The lowest BCUT2D eigenvalue weighted by molar-refractivity contribution is -0.121. The second-order valence-corrected chi connectivity index (χ2v) is 5.88. The van der Waals surface area contributed by atoms with Crippen molar-refractivity contribution >= 4 is 5.91 Å². The largest absolute Gasteiger partial charge is 0.493 e. The topological polar surface area (TPSA) is 75.3 Å². The van der Waals surface area contributed by atoms with Crippen LogP contribution in [0, 0.1) is 0 Å². The van der Waals surface area contributed by atoms with Crippen LogP contribution < -0.4 is 29.0 Å². The van der Waals surface area contributed by atoms with E-state index in [-0.39, 0.29) is 5.91 Å². The standard InChI is InChI=1S/C21H27NO6/c1-24-16-7-5-6-8-17(16)28-12-11-22-20(23)10-9-15-13-18(25-2)21(27-4)19(14-15)26-3/h5-8,13-14H,9-12H2,1-4H3,(H,22,23). The van der Waals surface area contributed by atoms with Gasteiger partial charge in [0.15, 0.2) is 23.0 Å². The van der Waals surface area contributed by atoms with Crippen molar-refractivity contribution in [2.45, 2.75) is 12.8 Å². The average molecular weight is 389 g/mol. The summed E-state index contributed by atoms with van der Waals surface area (Å²) in [5.41, 5.74) is 0.926. The molecule has 0 aliphatic heterocycles. The molecule has 0 heterocycles. The van der Waals surface area contributed by atoms with Crippen LogP contribution in [0.2, 0.25) is 0 Å². The fourth-order valence-electron chi connectivity index (χ4n) is 2.72. The lowest BCUT2D eigenvalue weighted by Crippen LogP contribution is -2.28. The van der Waals surface area contributed by atoms with Crippen molar-refractivity contribution in [1.82, 2.24) is 5.32 Å². The van der Waals surface area contributed by atoms with Crippen LogP contribution in [0.4, 0.5) is 0 Å². The first-order chi connectivity index (χ1) is 13.6. The number of rotatable bonds is 11. The third-order valence-electron chi connectivity index (χ3n) is 4.12. The third-order valence-corrected chi connectivity index (χ3v) is 4.12. The highest BCUT2D eigenvalue weighted by atomic mass is 16.5. The van der Waals surface area contributed by atoms with Gasteiger partial charge in [-0.25, -0.2) is 0 Å². The van der Waals surface area contributed by atoms with Crippen molar-refractivity contribution in [3.63, 3.8) is 0 Å². The Morgan fingerprint density at radius 2 is 1.46 bits per heavy atom. The van der Waals surface area contributed by atoms with Gasteiger partial charge in [-0.05, 0) is 36.2 Å². The lowest BCUT2D eigenvalue weighted by atomic mass is 10.1. The van der Waals surface area contributed by atoms with Gasteiger partial charge >= 0.3 is 0 Å². The van der Waals surface area contributed by atoms with Crippen molar-refractivity contribution in [2.75, 3.05) is 41.6 Å². The number of nitrogens with one attached hydrogen (secondary N) is 1. The molecule has 2 aromatic carbocycles. The van der Waals surface area contributed by atoms with Crippen molar-refractivity contribution in [2.24, 2.45) is 0 Å². The smallest absolute Gasteiger partial charge is 0.220 e. The molecular formula is C21H27NO6. The van der Waals surface area contributed by atoms with Crippen molar-refractivity contribution in [3.05, 3.63) is 42.0 Å². The quantitative estimate of drug-likeness (QED) is 0.596. The first-order valence-electron chi connectivity index (χ1n) is 8.94. The Bertz CT molecular complexity index is 752. The monoisotopic (exact) mass is 389 g/mol. The summed E-state index contributed by atoms with van der Waals surface area (Å²) >= 11 is 0. The van der Waals surface area contributed by atoms with Gasteiger partial charge in [0.2, 0.25) is 11.7 Å². The van der Waals surface area contributed by atoms with E-state index in [4.69, 9.17) is 23.7 Å². The van der Waals surface area contributed by atoms with E-state index < -0.39 is 0 Å². The van der Waals surface area contributed by atoms with Gasteiger partial charge in [-0.15, -0.1) is 0 Å². The van der Waals surface area contributed by atoms with Crippen molar-refractivity contribution in [1.29, 1.82) is 0 Å². The summed E-state index contributed by atoms with van der Waals surface area (Å²) in [6.45, 7) is 0.766. The predicted octanol–water partition coefficient (Wildman–Crippen LogP) is 2.85. The molecule has 0 atom stereocenters. The molecule has 0 bridgehead atoms. The van der Waals surface area contributed by atoms with Crippen LogP contribution in [0.5, 0.6) is 28.7 Å². The summed E-state index contributed by atoms with van der Waals surface area (Å²) in [6, 6.07) is 11.1. The summed E-state index contributed by atoms with van der Waals surface area (Å²) in [5.74, 6) is 2.93. The Morgan fingerprint density at radius 3 is 2.04 bits per heavy atom. The molecule has 0 unspecified atom stereocenters. The van der Waals surface area contributed by atoms with Crippen molar-refractivity contribution < 1.29 is 28.5 Å². The Kier molecular flexibility index (Phi) is 8.27. The van der Waals surface area contributed by atoms with Gasteiger partial charge in [0, 0.05) is 6.42 Å². The fraction of sp³-hybridized carbons (Fsp3) is 0.381. The first-order valence-corrected chi connectivity index (χ1v) is 8.94. The van der Waals surface area contributed by atoms with Gasteiger partial charge in [-0.1, -0.05) is 12.1 Å². The van der Waals surface area contributed by atoms with Crippen LogP contribution in [-0.2, 0) is 11.2 Å². The second kappa shape index (κ2) is 10.9. The Balaban J connectivity index is 1.81. The van der Waals surface area contributed by atoms with Crippen LogP contribution in [0.3, 0.4) is 0 Å². The number of methoxy groups -OCH3 is 4. The number of hydrogen-bond acceptors (Lipinski definition) is 6. The Labute approximate surface area is 165 Å². The molecule has 0 radical (unpaired) electrons. The van der Waals surface area contributed by atoms with E-state index in [9.17, 15) is 4.79 Å². The molecule has 7 nitrogen and oxygen atoms in total. The van der Waals surface area contributed by atoms with Gasteiger partial charge in [0.1, 0.15) is 6.61 Å². The molecule has 0 spiro atoms. The van der Waals surface area contributed by atoms with Gasteiger partial charge in [-0.3, -0.25) is 4.79 Å². The summed E-state index contributed by atoms with van der Waals surface area (Å²) in [4.78, 5) is 12.1. The molecule has 0 saturated carbocycles. The van der Waals surface area contributed by atoms with E-state index in [0.717, 1.165) is 5.56 Å². The van der Waals surface area contributed by atoms with E-state index in [0.29, 0.717) is 54.7 Å². The summed E-state index contributed by atoms with van der Waals surface area (Å²) < 4.78 is 26.8. The van der Waals surface area contributed by atoms with E-state index in [1.807, 2.05) is 36.4 Å². The molecule has 2 aromatic rings. The zero-order valence-corrected chi connectivity index (χ0v) is 16.7. The SMILES string of the molecule is COc1ccccc1OCCNC(=O)CCc1cc(OC)c(OC)c(OC)c1. The summed E-state index contributed by atoms with van der Waals surface area (Å²) in [7, 11) is 6.28. The Morgan fingerprint density at radius 1 is 0.857 bits per heavy atom. The van der Waals surface area contributed by atoms with E-state index in [2.05, 4.69) is 5.32 Å². The van der Waals surface area contributed by atoms with E-state index in [1.54, 1.807) is 28.4 Å². The second-order valence-electron chi connectivity index (χ2n) is 5.88. The van der Waals surface area contributed by atoms with Gasteiger partial charge in [-0.2, -0.15) is 0 Å². The lowest BCUT2D eigenvalue weighted by Gasteiger charge is -2.14. The van der Waals surface area contributed by atoms with Crippen LogP contribution in [0.1, 0.15) is 12.0 Å². The van der Waals surface area contributed by atoms with Gasteiger partial charge < -0.3 is 29.0 Å². The highest BCUT2D eigenvalue weighted by Gasteiger charge is 2.14. The number of amides is 1. The van der Waals surface area contributed by atoms with Crippen LogP contribution in [0.25, 0.3) is 0 Å². The molecule has 28 heavy (non-hydrogen) atoms. The fourth-order valence-corrected chi connectivity index (χ4v) is 2.72. The highest BCUT2D eigenvalue weighted by Crippen LogP contribution is 2.38. The first kappa shape index (κ1) is 21.2. The van der Waals surface area contributed by atoms with Crippen LogP contribution in [0.15, 0.2) is 36.4 Å². The maximum atomic E-state index is 12.1. The highest BCUT2D eigenvalue weighted by molar-refractivity contribution is 5.76. The molecular weight excluding hydrogens is 362 g/mol. The minimum atomic E-state index is -0.0580. The minimum absolute atomic E-state index is 0.0580. The van der Waals surface area contributed by atoms with E-state index in [1.165, 1.54) is 0 Å². The molecule has 1 N–H and O–H groups in total. The maximum Gasteiger partial charge on any atom is 0.220 e. The number of hydrogen-bond donors (Lipinski definition) is 1. The zero-order chi connectivity index (χ0) is 20.4. The zero-order valence-electron chi connectivity index (χ0n) is 16.7. The molecule has 7 heteroatoms. The van der Waals surface area contributed by atoms with Crippen LogP contribution in [-0.4, -0.2) is 47.5 Å². The van der Waals surface area contributed by atoms with Crippen LogP contribution >= 0.6 is 0 Å². The van der Waals surface area contributed by atoms with Gasteiger partial charge in [0.25, 0.3) is 0 Å². The molecule has 0 fully saturated rings. The number of para-hydroxylation sites is 2. The molecule has 0 aliphatic carbocycles. The molecule has 0 saturated heterocycles. The molecule has 0 aromatic heterocycles. The molecule has 0 aliphatic rings. The number of carbonyl (C=O) groups is 1. The van der Waals surface area contributed by atoms with E-state index >= 15 is 0 Å². The normalized spacial score (nSPS) is 10.1.